The van der Waals surface area contributed by atoms with Crippen molar-refractivity contribution in [2.45, 2.75) is 32.1 Å². The Labute approximate surface area is 59.0 Å². The fourth-order valence-electron chi connectivity index (χ4n) is 1.52. The highest BCUT2D eigenvalue weighted by molar-refractivity contribution is 4.85. The largest absolute Gasteiger partial charge is 0.396 e. The quantitative estimate of drug-likeness (QED) is 0.636. The number of alkyl halides is 2. The Balaban J connectivity index is 2.58. The molecule has 0 aromatic carbocycles. The molecule has 0 atom stereocenters. The van der Waals surface area contributed by atoms with E-state index < -0.39 is 11.8 Å². The smallest absolute Gasteiger partial charge is 0.246 e. The Morgan fingerprint density at radius 2 is 1.80 bits per heavy atom. The summed E-state index contributed by atoms with van der Waals surface area (Å²) in [4.78, 5) is 0. The Hall–Kier alpha value is -0.180. The first-order valence-corrected chi connectivity index (χ1v) is 3.60. The molecule has 0 amide bonds. The van der Waals surface area contributed by atoms with E-state index in [2.05, 4.69) is 0 Å². The first-order valence-electron chi connectivity index (χ1n) is 3.60. The van der Waals surface area contributed by atoms with Crippen LogP contribution in [0.4, 0.5) is 8.78 Å². The van der Waals surface area contributed by atoms with Gasteiger partial charge in [0.25, 0.3) is 0 Å². The minimum absolute atomic E-state index is 0.356. The maximum Gasteiger partial charge on any atom is 0.246 e. The van der Waals surface area contributed by atoms with Crippen LogP contribution in [0, 0.1) is 5.41 Å². The summed E-state index contributed by atoms with van der Waals surface area (Å²) in [5.41, 5.74) is -1.04. The number of rotatable bonds is 2. The van der Waals surface area contributed by atoms with Gasteiger partial charge in [0.1, 0.15) is 0 Å². The van der Waals surface area contributed by atoms with Crippen LogP contribution in [0.25, 0.3) is 0 Å². The van der Waals surface area contributed by atoms with E-state index in [4.69, 9.17) is 5.11 Å². The van der Waals surface area contributed by atoms with Crippen LogP contribution in [-0.4, -0.2) is 18.1 Å². The second-order valence-electron chi connectivity index (χ2n) is 3.03. The summed E-state index contributed by atoms with van der Waals surface area (Å²) >= 11 is 0. The number of hydrogen-bond acceptors (Lipinski definition) is 1. The summed E-state index contributed by atoms with van der Waals surface area (Å²) in [5.74, 6) is 0. The molecule has 0 saturated heterocycles. The van der Waals surface area contributed by atoms with Crippen LogP contribution in [0.15, 0.2) is 0 Å². The van der Waals surface area contributed by atoms with Crippen LogP contribution < -0.4 is 0 Å². The van der Waals surface area contributed by atoms with Gasteiger partial charge in [-0.2, -0.15) is 0 Å². The lowest BCUT2D eigenvalue weighted by atomic mass is 9.88. The number of aliphatic hydroxyl groups excluding tert-OH is 1. The van der Waals surface area contributed by atoms with Crippen LogP contribution >= 0.6 is 0 Å². The van der Waals surface area contributed by atoms with Crippen molar-refractivity contribution >= 4 is 0 Å². The molecule has 1 fully saturated rings. The highest BCUT2D eigenvalue weighted by Crippen LogP contribution is 2.42. The molecule has 60 valence electrons. The first-order chi connectivity index (χ1) is 4.71. The van der Waals surface area contributed by atoms with Gasteiger partial charge in [0.05, 0.1) is 12.0 Å². The Bertz CT molecular complexity index is 108. The van der Waals surface area contributed by atoms with Crippen molar-refractivity contribution in [2.24, 2.45) is 5.41 Å². The van der Waals surface area contributed by atoms with Crippen LogP contribution in [0.2, 0.25) is 0 Å². The van der Waals surface area contributed by atoms with E-state index in [9.17, 15) is 8.78 Å². The molecule has 1 aliphatic carbocycles. The summed E-state index contributed by atoms with van der Waals surface area (Å²) in [6, 6.07) is 0. The van der Waals surface area contributed by atoms with Gasteiger partial charge in [-0.1, -0.05) is 12.8 Å². The Morgan fingerprint density at radius 1 is 1.30 bits per heavy atom. The summed E-state index contributed by atoms with van der Waals surface area (Å²) in [7, 11) is 0. The van der Waals surface area contributed by atoms with E-state index in [1.54, 1.807) is 0 Å². The second-order valence-corrected chi connectivity index (χ2v) is 3.03. The topological polar surface area (TPSA) is 20.2 Å². The summed E-state index contributed by atoms with van der Waals surface area (Å²) in [6.07, 6.45) is 0.304. The molecule has 1 nitrogen and oxygen atoms in total. The van der Waals surface area contributed by atoms with Crippen molar-refractivity contribution in [3.63, 3.8) is 0 Å². The van der Waals surface area contributed by atoms with Crippen molar-refractivity contribution < 1.29 is 13.9 Å². The molecule has 0 aliphatic heterocycles. The molecule has 0 radical (unpaired) electrons. The molecular formula is C7H12F2O. The number of halogens is 2. The van der Waals surface area contributed by atoms with E-state index >= 15 is 0 Å². The monoisotopic (exact) mass is 150 g/mol. The minimum Gasteiger partial charge on any atom is -0.396 e. The van der Waals surface area contributed by atoms with Gasteiger partial charge in [0.2, 0.25) is 6.43 Å². The molecule has 1 N–H and O–H groups in total. The zero-order chi connectivity index (χ0) is 7.61. The van der Waals surface area contributed by atoms with Crippen molar-refractivity contribution in [1.29, 1.82) is 0 Å². The lowest BCUT2D eigenvalue weighted by Crippen LogP contribution is -2.29. The molecule has 3 heteroatoms. The lowest BCUT2D eigenvalue weighted by Gasteiger charge is -2.24. The molecule has 0 heterocycles. The first kappa shape index (κ1) is 7.92. The Kier molecular flexibility index (Phi) is 2.24. The molecule has 0 unspecified atom stereocenters. The third-order valence-corrected chi connectivity index (χ3v) is 2.38. The molecule has 10 heavy (non-hydrogen) atoms. The van der Waals surface area contributed by atoms with Gasteiger partial charge in [-0.3, -0.25) is 0 Å². The fourth-order valence-corrected chi connectivity index (χ4v) is 1.52. The lowest BCUT2D eigenvalue weighted by molar-refractivity contribution is -0.0377. The van der Waals surface area contributed by atoms with E-state index in [0.29, 0.717) is 12.8 Å². The molecule has 1 aliphatic rings. The van der Waals surface area contributed by atoms with Crippen LogP contribution in [0.3, 0.4) is 0 Å². The molecule has 0 spiro atoms. The highest BCUT2D eigenvalue weighted by Gasteiger charge is 2.41. The Morgan fingerprint density at radius 3 is 2.00 bits per heavy atom. The van der Waals surface area contributed by atoms with Gasteiger partial charge < -0.3 is 5.11 Å². The van der Waals surface area contributed by atoms with Crippen molar-refractivity contribution in [3.05, 3.63) is 0 Å². The van der Waals surface area contributed by atoms with Gasteiger partial charge in [-0.25, -0.2) is 8.78 Å². The van der Waals surface area contributed by atoms with E-state index in [-0.39, 0.29) is 6.61 Å². The van der Waals surface area contributed by atoms with E-state index in [1.165, 1.54) is 0 Å². The fraction of sp³-hybridized carbons (Fsp3) is 1.00. The van der Waals surface area contributed by atoms with Gasteiger partial charge in [-0.15, -0.1) is 0 Å². The van der Waals surface area contributed by atoms with E-state index in [1.807, 2.05) is 0 Å². The van der Waals surface area contributed by atoms with Crippen molar-refractivity contribution in [3.8, 4) is 0 Å². The molecule has 0 bridgehead atoms. The van der Waals surface area contributed by atoms with Gasteiger partial charge in [-0.05, 0) is 12.8 Å². The zero-order valence-corrected chi connectivity index (χ0v) is 5.82. The van der Waals surface area contributed by atoms with Crippen LogP contribution in [-0.2, 0) is 0 Å². The van der Waals surface area contributed by atoms with Crippen molar-refractivity contribution in [1.82, 2.24) is 0 Å². The third kappa shape index (κ3) is 1.15. The van der Waals surface area contributed by atoms with Crippen LogP contribution in [0.1, 0.15) is 25.7 Å². The SMILES string of the molecule is OCC1(C(F)F)CCCC1. The molecular weight excluding hydrogens is 138 g/mol. The van der Waals surface area contributed by atoms with Gasteiger partial charge in [0, 0.05) is 0 Å². The highest BCUT2D eigenvalue weighted by atomic mass is 19.3. The van der Waals surface area contributed by atoms with Crippen molar-refractivity contribution in [2.75, 3.05) is 6.61 Å². The maximum atomic E-state index is 12.2. The summed E-state index contributed by atoms with van der Waals surface area (Å²) in [5, 5.41) is 8.71. The average Bonchev–Trinajstić information content (AvgIpc) is 2.35. The van der Waals surface area contributed by atoms with Gasteiger partial charge >= 0.3 is 0 Å². The standard InChI is InChI=1S/C7H12F2O/c8-6(9)7(5-10)3-1-2-4-7/h6,10H,1-5H2. The molecule has 0 aromatic rings. The molecule has 1 saturated carbocycles. The zero-order valence-electron chi connectivity index (χ0n) is 5.82. The second kappa shape index (κ2) is 2.82. The predicted octanol–water partition coefficient (Wildman–Crippen LogP) is 1.80. The van der Waals surface area contributed by atoms with Crippen LogP contribution in [0.5, 0.6) is 0 Å². The maximum absolute atomic E-state index is 12.2. The summed E-state index contributed by atoms with van der Waals surface area (Å²) in [6.45, 7) is -0.356. The molecule has 1 rings (SSSR count). The third-order valence-electron chi connectivity index (χ3n) is 2.38. The minimum atomic E-state index is -2.35. The normalized spacial score (nSPS) is 24.0. The van der Waals surface area contributed by atoms with E-state index in [0.717, 1.165) is 12.8 Å². The number of aliphatic hydroxyl groups is 1. The average molecular weight is 150 g/mol. The summed E-state index contributed by atoms with van der Waals surface area (Å²) < 4.78 is 24.5. The molecule has 0 aromatic heterocycles. The number of hydrogen-bond donors (Lipinski definition) is 1. The predicted molar refractivity (Wildman–Crippen MR) is 34.0 cm³/mol. The van der Waals surface area contributed by atoms with Gasteiger partial charge in [0.15, 0.2) is 0 Å².